The Bertz CT molecular complexity index is 115. The van der Waals surface area contributed by atoms with Crippen LogP contribution in [-0.2, 0) is 0 Å². The molecule has 0 fully saturated rings. The Kier molecular flexibility index (Phi) is 3.96. The topological polar surface area (TPSA) is 46.9 Å². The van der Waals surface area contributed by atoms with Gasteiger partial charge >= 0.3 is 0 Å². The van der Waals surface area contributed by atoms with Crippen molar-refractivity contribution in [3.8, 4) is 0 Å². The lowest BCUT2D eigenvalue weighted by Crippen LogP contribution is -2.55. The van der Waals surface area contributed by atoms with E-state index < -0.39 is 5.85 Å². The SMILES string of the molecule is CN(C)C(C)(O)N(C)CCO. The first-order valence-electron chi connectivity index (χ1n) is 3.64. The molecular weight excluding hydrogens is 144 g/mol. The Hall–Kier alpha value is -0.160. The van der Waals surface area contributed by atoms with Gasteiger partial charge in [0, 0.05) is 6.54 Å². The summed E-state index contributed by atoms with van der Waals surface area (Å²) in [5, 5.41) is 18.3. The van der Waals surface area contributed by atoms with Crippen molar-refractivity contribution in [1.82, 2.24) is 9.80 Å². The van der Waals surface area contributed by atoms with Crippen molar-refractivity contribution in [2.45, 2.75) is 12.8 Å². The second kappa shape index (κ2) is 4.01. The van der Waals surface area contributed by atoms with Gasteiger partial charge in [-0.2, -0.15) is 0 Å². The van der Waals surface area contributed by atoms with Gasteiger partial charge in [0.25, 0.3) is 0 Å². The summed E-state index contributed by atoms with van der Waals surface area (Å²) in [6, 6.07) is 0. The molecule has 0 spiro atoms. The van der Waals surface area contributed by atoms with Crippen LogP contribution in [0.5, 0.6) is 0 Å². The normalized spacial score (nSPS) is 17.5. The Labute approximate surface area is 68.0 Å². The lowest BCUT2D eigenvalue weighted by Gasteiger charge is -2.38. The average Bonchev–Trinajstić information content (AvgIpc) is 1.88. The molecule has 0 bridgehead atoms. The van der Waals surface area contributed by atoms with Gasteiger partial charge in [0.05, 0.1) is 6.61 Å². The minimum absolute atomic E-state index is 0.0560. The van der Waals surface area contributed by atoms with Crippen LogP contribution in [0.1, 0.15) is 6.92 Å². The minimum atomic E-state index is -0.983. The van der Waals surface area contributed by atoms with Crippen LogP contribution in [0.2, 0.25) is 0 Å². The highest BCUT2D eigenvalue weighted by molar-refractivity contribution is 4.67. The second-order valence-electron chi connectivity index (χ2n) is 3.01. The molecule has 4 nitrogen and oxygen atoms in total. The van der Waals surface area contributed by atoms with E-state index in [4.69, 9.17) is 5.11 Å². The number of aliphatic hydroxyl groups excluding tert-OH is 1. The van der Waals surface area contributed by atoms with E-state index in [9.17, 15) is 5.11 Å². The number of hydrogen-bond donors (Lipinski definition) is 2. The lowest BCUT2D eigenvalue weighted by atomic mass is 10.3. The van der Waals surface area contributed by atoms with E-state index in [0.717, 1.165) is 0 Å². The quantitative estimate of drug-likeness (QED) is 0.528. The van der Waals surface area contributed by atoms with E-state index in [-0.39, 0.29) is 6.61 Å². The van der Waals surface area contributed by atoms with Gasteiger partial charge < -0.3 is 10.2 Å². The summed E-state index contributed by atoms with van der Waals surface area (Å²) in [5.74, 6) is -0.983. The van der Waals surface area contributed by atoms with Crippen molar-refractivity contribution in [2.24, 2.45) is 0 Å². The van der Waals surface area contributed by atoms with Crippen molar-refractivity contribution < 1.29 is 10.2 Å². The molecule has 68 valence electrons. The largest absolute Gasteiger partial charge is 0.395 e. The summed E-state index contributed by atoms with van der Waals surface area (Å²) in [6.45, 7) is 2.20. The van der Waals surface area contributed by atoms with E-state index in [1.54, 1.807) is 37.9 Å². The molecule has 0 aliphatic heterocycles. The predicted molar refractivity (Wildman–Crippen MR) is 44.0 cm³/mol. The van der Waals surface area contributed by atoms with Crippen LogP contribution < -0.4 is 0 Å². The molecule has 1 atom stereocenters. The zero-order chi connectivity index (χ0) is 9.07. The maximum atomic E-state index is 9.73. The van der Waals surface area contributed by atoms with E-state index in [1.807, 2.05) is 0 Å². The molecule has 0 aliphatic rings. The summed E-state index contributed by atoms with van der Waals surface area (Å²) in [6.07, 6.45) is 0. The van der Waals surface area contributed by atoms with E-state index in [2.05, 4.69) is 0 Å². The first-order chi connectivity index (χ1) is 4.92. The van der Waals surface area contributed by atoms with Crippen molar-refractivity contribution >= 4 is 0 Å². The molecule has 2 N–H and O–H groups in total. The molecular formula is C7H18N2O2. The summed E-state index contributed by atoms with van der Waals surface area (Å²) in [5.41, 5.74) is 0. The Morgan fingerprint density at radius 2 is 1.73 bits per heavy atom. The van der Waals surface area contributed by atoms with Gasteiger partial charge in [0.15, 0.2) is 5.85 Å². The average molecular weight is 162 g/mol. The number of nitrogens with zero attached hydrogens (tertiary/aromatic N) is 2. The number of aliphatic hydroxyl groups is 2. The van der Waals surface area contributed by atoms with Gasteiger partial charge in [-0.05, 0) is 28.1 Å². The molecule has 0 aromatic heterocycles. The molecule has 0 saturated heterocycles. The molecule has 0 aliphatic carbocycles. The second-order valence-corrected chi connectivity index (χ2v) is 3.01. The first-order valence-corrected chi connectivity index (χ1v) is 3.64. The van der Waals surface area contributed by atoms with Crippen LogP contribution in [0.15, 0.2) is 0 Å². The minimum Gasteiger partial charge on any atom is -0.395 e. The predicted octanol–water partition coefficient (Wildman–Crippen LogP) is -0.862. The third-order valence-electron chi connectivity index (χ3n) is 2.01. The van der Waals surface area contributed by atoms with Gasteiger partial charge in [-0.1, -0.05) is 0 Å². The molecule has 0 radical (unpaired) electrons. The molecule has 4 heteroatoms. The van der Waals surface area contributed by atoms with Gasteiger partial charge in [-0.15, -0.1) is 0 Å². The van der Waals surface area contributed by atoms with E-state index >= 15 is 0 Å². The Balaban J connectivity index is 4.05. The molecule has 1 unspecified atom stereocenters. The molecule has 0 saturated carbocycles. The molecule has 0 amide bonds. The highest BCUT2D eigenvalue weighted by Gasteiger charge is 2.27. The summed E-state index contributed by atoms with van der Waals surface area (Å²) in [7, 11) is 5.33. The number of hydrogen-bond acceptors (Lipinski definition) is 4. The van der Waals surface area contributed by atoms with Gasteiger partial charge in [0.1, 0.15) is 0 Å². The fourth-order valence-electron chi connectivity index (χ4n) is 0.703. The molecule has 0 aromatic rings. The molecule has 0 heterocycles. The fraction of sp³-hybridized carbons (Fsp3) is 1.00. The van der Waals surface area contributed by atoms with Crippen LogP contribution in [0, 0.1) is 0 Å². The summed E-state index contributed by atoms with van der Waals surface area (Å²) >= 11 is 0. The highest BCUT2D eigenvalue weighted by Crippen LogP contribution is 2.10. The zero-order valence-corrected chi connectivity index (χ0v) is 7.70. The number of rotatable bonds is 4. The van der Waals surface area contributed by atoms with Gasteiger partial charge in [0.2, 0.25) is 0 Å². The summed E-state index contributed by atoms with van der Waals surface area (Å²) in [4.78, 5) is 3.36. The molecule has 0 rings (SSSR count). The molecule has 11 heavy (non-hydrogen) atoms. The van der Waals surface area contributed by atoms with Crippen molar-refractivity contribution in [2.75, 3.05) is 34.3 Å². The molecule has 0 aromatic carbocycles. The first kappa shape index (κ1) is 10.8. The van der Waals surface area contributed by atoms with Crippen LogP contribution >= 0.6 is 0 Å². The highest BCUT2D eigenvalue weighted by atomic mass is 16.3. The van der Waals surface area contributed by atoms with E-state index in [1.165, 1.54) is 0 Å². The smallest absolute Gasteiger partial charge is 0.173 e. The Morgan fingerprint density at radius 3 is 2.00 bits per heavy atom. The Morgan fingerprint density at radius 1 is 1.27 bits per heavy atom. The summed E-state index contributed by atoms with van der Waals surface area (Å²) < 4.78 is 0. The van der Waals surface area contributed by atoms with Gasteiger partial charge in [-0.25, -0.2) is 0 Å². The van der Waals surface area contributed by atoms with Crippen molar-refractivity contribution in [3.05, 3.63) is 0 Å². The van der Waals surface area contributed by atoms with Crippen LogP contribution in [0.3, 0.4) is 0 Å². The third kappa shape index (κ3) is 2.75. The van der Waals surface area contributed by atoms with Gasteiger partial charge in [-0.3, -0.25) is 9.80 Å². The maximum absolute atomic E-state index is 9.73. The third-order valence-corrected chi connectivity index (χ3v) is 2.01. The van der Waals surface area contributed by atoms with Crippen molar-refractivity contribution in [1.29, 1.82) is 0 Å². The van der Waals surface area contributed by atoms with Crippen LogP contribution in [0.4, 0.5) is 0 Å². The van der Waals surface area contributed by atoms with Crippen LogP contribution in [0.25, 0.3) is 0 Å². The lowest BCUT2D eigenvalue weighted by molar-refractivity contribution is -0.178. The van der Waals surface area contributed by atoms with E-state index in [0.29, 0.717) is 6.54 Å². The van der Waals surface area contributed by atoms with Crippen molar-refractivity contribution in [3.63, 3.8) is 0 Å². The van der Waals surface area contributed by atoms with Crippen LogP contribution in [-0.4, -0.2) is 60.2 Å². The number of likely N-dealkylation sites (N-methyl/N-ethyl adjacent to an activating group) is 1. The fourth-order valence-corrected chi connectivity index (χ4v) is 0.703. The standard InChI is InChI=1S/C7H18N2O2/c1-7(11,8(2)3)9(4)5-6-10/h10-11H,5-6H2,1-4H3. The zero-order valence-electron chi connectivity index (χ0n) is 7.70. The maximum Gasteiger partial charge on any atom is 0.173 e. The monoisotopic (exact) mass is 162 g/mol.